The van der Waals surface area contributed by atoms with E-state index in [1.165, 1.54) is 34.1 Å². The summed E-state index contributed by atoms with van der Waals surface area (Å²) in [5.74, 6) is -1.84. The Bertz CT molecular complexity index is 1320. The normalized spacial score (nSPS) is 22.5. The molecule has 5 atom stereocenters. The van der Waals surface area contributed by atoms with Crippen molar-refractivity contribution in [1.82, 2.24) is 9.78 Å². The first-order valence-corrected chi connectivity index (χ1v) is 14.7. The van der Waals surface area contributed by atoms with Gasteiger partial charge in [-0.2, -0.15) is 5.10 Å². The standard InChI is InChI=1S/C31H40N2O10/c1-6-7-8-9-14-38-24-12-13-25-22(15-24)10-11-23-16-32-33(27(23)25)31-30(42-21(5)37)29(41-20(4)36)28(40-19(3)35)26(43-31)17-39-18(2)34/h12-13,15-16,26,28-31H,6-11,14,17H2,1-5H3/t26-,28-,29+,30-,31-/m0/s1. The summed E-state index contributed by atoms with van der Waals surface area (Å²) < 4.78 is 36.0. The van der Waals surface area contributed by atoms with Crippen LogP contribution in [0.3, 0.4) is 0 Å². The van der Waals surface area contributed by atoms with Crippen LogP contribution in [-0.4, -0.2) is 71.3 Å². The fourth-order valence-corrected chi connectivity index (χ4v) is 5.56. The van der Waals surface area contributed by atoms with Crippen LogP contribution in [0, 0.1) is 0 Å². The van der Waals surface area contributed by atoms with E-state index in [1.54, 1.807) is 10.9 Å². The van der Waals surface area contributed by atoms with Gasteiger partial charge < -0.3 is 28.4 Å². The molecule has 12 nitrogen and oxygen atoms in total. The maximum absolute atomic E-state index is 12.3. The first-order valence-electron chi connectivity index (χ1n) is 14.7. The fraction of sp³-hybridized carbons (Fsp3) is 0.581. The second-order valence-electron chi connectivity index (χ2n) is 10.8. The molecule has 1 saturated heterocycles. The third-order valence-corrected chi connectivity index (χ3v) is 7.34. The molecule has 0 saturated carbocycles. The van der Waals surface area contributed by atoms with Crippen LogP contribution in [0.25, 0.3) is 11.3 Å². The number of nitrogens with zero attached hydrogens (tertiary/aromatic N) is 2. The molecule has 1 fully saturated rings. The molecule has 43 heavy (non-hydrogen) atoms. The first-order chi connectivity index (χ1) is 20.6. The highest BCUT2D eigenvalue weighted by Gasteiger charge is 2.53. The van der Waals surface area contributed by atoms with Crippen molar-refractivity contribution in [2.45, 2.75) is 104 Å². The third-order valence-electron chi connectivity index (χ3n) is 7.34. The minimum absolute atomic E-state index is 0.312. The minimum atomic E-state index is -1.28. The molecule has 2 aromatic rings. The van der Waals surface area contributed by atoms with Crippen molar-refractivity contribution in [3.8, 4) is 17.0 Å². The summed E-state index contributed by atoms with van der Waals surface area (Å²) >= 11 is 0. The minimum Gasteiger partial charge on any atom is -0.494 e. The molecule has 4 rings (SSSR count). The smallest absolute Gasteiger partial charge is 0.303 e. The molecule has 0 N–H and O–H groups in total. The van der Waals surface area contributed by atoms with Crippen molar-refractivity contribution in [1.29, 1.82) is 0 Å². The van der Waals surface area contributed by atoms with E-state index in [9.17, 15) is 19.2 Å². The van der Waals surface area contributed by atoms with Crippen molar-refractivity contribution in [2.24, 2.45) is 0 Å². The second-order valence-corrected chi connectivity index (χ2v) is 10.8. The van der Waals surface area contributed by atoms with Gasteiger partial charge in [-0.1, -0.05) is 26.2 Å². The van der Waals surface area contributed by atoms with E-state index in [2.05, 4.69) is 12.0 Å². The van der Waals surface area contributed by atoms with Crippen molar-refractivity contribution in [2.75, 3.05) is 13.2 Å². The number of carbonyl (C=O) groups excluding carboxylic acids is 4. The summed E-state index contributed by atoms with van der Waals surface area (Å²) in [6, 6.07) is 5.92. The Balaban J connectivity index is 1.72. The van der Waals surface area contributed by atoms with Crippen LogP contribution in [0.4, 0.5) is 0 Å². The molecular weight excluding hydrogens is 560 g/mol. The molecule has 0 bridgehead atoms. The van der Waals surface area contributed by atoms with Gasteiger partial charge in [-0.3, -0.25) is 19.2 Å². The van der Waals surface area contributed by atoms with E-state index in [0.29, 0.717) is 13.0 Å². The largest absolute Gasteiger partial charge is 0.494 e. The molecule has 234 valence electrons. The van der Waals surface area contributed by atoms with Gasteiger partial charge in [-0.25, -0.2) is 4.68 Å². The van der Waals surface area contributed by atoms with E-state index in [1.807, 2.05) is 18.2 Å². The average Bonchev–Trinajstić information content (AvgIpc) is 3.37. The van der Waals surface area contributed by atoms with Gasteiger partial charge in [0.05, 0.1) is 18.5 Å². The van der Waals surface area contributed by atoms with Gasteiger partial charge >= 0.3 is 23.9 Å². The summed E-state index contributed by atoms with van der Waals surface area (Å²) in [6.07, 6.45) is 1.70. The number of rotatable bonds is 12. The van der Waals surface area contributed by atoms with Crippen LogP contribution < -0.4 is 4.74 Å². The van der Waals surface area contributed by atoms with E-state index >= 15 is 0 Å². The Morgan fingerprint density at radius 3 is 2.21 bits per heavy atom. The topological polar surface area (TPSA) is 141 Å². The summed E-state index contributed by atoms with van der Waals surface area (Å²) in [4.78, 5) is 48.3. The van der Waals surface area contributed by atoms with E-state index < -0.39 is 54.5 Å². The summed E-state index contributed by atoms with van der Waals surface area (Å²) in [5, 5.41) is 4.62. The lowest BCUT2D eigenvalue weighted by Gasteiger charge is -2.44. The maximum Gasteiger partial charge on any atom is 0.303 e. The Morgan fingerprint density at radius 2 is 1.53 bits per heavy atom. The molecule has 0 spiro atoms. The summed E-state index contributed by atoms with van der Waals surface area (Å²) in [7, 11) is 0. The van der Waals surface area contributed by atoms with Gasteiger partial charge in [-0.15, -0.1) is 0 Å². The number of carbonyl (C=O) groups is 4. The number of ether oxygens (including phenoxy) is 6. The van der Waals surface area contributed by atoms with Crippen LogP contribution in [0.2, 0.25) is 0 Å². The molecule has 1 aromatic carbocycles. The van der Waals surface area contributed by atoms with Crippen LogP contribution in [0.5, 0.6) is 5.75 Å². The molecule has 0 radical (unpaired) electrons. The van der Waals surface area contributed by atoms with Gasteiger partial charge in [0.15, 0.2) is 24.5 Å². The molecule has 2 aliphatic rings. The van der Waals surface area contributed by atoms with Crippen LogP contribution >= 0.6 is 0 Å². The van der Waals surface area contributed by atoms with Crippen molar-refractivity contribution in [3.63, 3.8) is 0 Å². The predicted octanol–water partition coefficient (Wildman–Crippen LogP) is 3.86. The number of aromatic nitrogens is 2. The highest BCUT2D eigenvalue weighted by Crippen LogP contribution is 2.41. The molecule has 12 heteroatoms. The van der Waals surface area contributed by atoms with Gasteiger partial charge in [0.1, 0.15) is 18.5 Å². The molecular formula is C31H40N2O10. The number of esters is 4. The molecule has 1 aliphatic carbocycles. The quantitative estimate of drug-likeness (QED) is 0.199. The lowest BCUT2D eigenvalue weighted by atomic mass is 9.89. The molecule has 2 heterocycles. The van der Waals surface area contributed by atoms with E-state index in [0.717, 1.165) is 53.8 Å². The first kappa shape index (κ1) is 32.0. The van der Waals surface area contributed by atoms with Crippen LogP contribution in [0.15, 0.2) is 24.4 Å². The van der Waals surface area contributed by atoms with Gasteiger partial charge in [0.25, 0.3) is 0 Å². The van der Waals surface area contributed by atoms with Gasteiger partial charge in [-0.05, 0) is 48.6 Å². The molecule has 0 amide bonds. The Kier molecular flexibility index (Phi) is 10.8. The SMILES string of the molecule is CCCCCCOc1ccc2c(c1)CCc1cnn([C@H]3O[C@@H](COC(C)=O)[C@H](OC(C)=O)[C@@H](OC(C)=O)[C@@H]3OC(C)=O)c1-2. The van der Waals surface area contributed by atoms with Gasteiger partial charge in [0, 0.05) is 33.3 Å². The molecule has 1 aliphatic heterocycles. The number of aryl methyl sites for hydroxylation is 2. The maximum atomic E-state index is 12.3. The number of hydrogen-bond donors (Lipinski definition) is 0. The monoisotopic (exact) mass is 600 g/mol. The number of fused-ring (bicyclic) bond motifs is 3. The zero-order valence-corrected chi connectivity index (χ0v) is 25.3. The van der Waals surface area contributed by atoms with Crippen LogP contribution in [-0.2, 0) is 55.7 Å². The highest BCUT2D eigenvalue weighted by atomic mass is 16.7. The van der Waals surface area contributed by atoms with Gasteiger partial charge in [0.2, 0.25) is 0 Å². The summed E-state index contributed by atoms with van der Waals surface area (Å²) in [5.41, 5.74) is 3.67. The second kappa shape index (κ2) is 14.5. The Labute approximate surface area is 250 Å². The Hall–Kier alpha value is -3.93. The summed E-state index contributed by atoms with van der Waals surface area (Å²) in [6.45, 7) is 7.33. The van der Waals surface area contributed by atoms with Crippen molar-refractivity contribution >= 4 is 23.9 Å². The van der Waals surface area contributed by atoms with Crippen molar-refractivity contribution < 1.29 is 47.6 Å². The molecule has 1 aromatic heterocycles. The van der Waals surface area contributed by atoms with Crippen molar-refractivity contribution in [3.05, 3.63) is 35.5 Å². The van der Waals surface area contributed by atoms with Crippen LogP contribution in [0.1, 0.15) is 77.7 Å². The van der Waals surface area contributed by atoms with E-state index in [-0.39, 0.29) is 6.61 Å². The zero-order chi connectivity index (χ0) is 31.1. The molecule has 0 unspecified atom stereocenters. The average molecular weight is 601 g/mol. The number of hydrogen-bond acceptors (Lipinski definition) is 11. The third kappa shape index (κ3) is 7.92. The number of unbranched alkanes of at least 4 members (excludes halogenated alkanes) is 3. The lowest BCUT2D eigenvalue weighted by molar-refractivity contribution is -0.270. The predicted molar refractivity (Wildman–Crippen MR) is 152 cm³/mol. The van der Waals surface area contributed by atoms with E-state index in [4.69, 9.17) is 28.4 Å². The number of benzene rings is 1. The zero-order valence-electron chi connectivity index (χ0n) is 25.3. The Morgan fingerprint density at radius 1 is 0.860 bits per heavy atom. The lowest BCUT2D eigenvalue weighted by Crippen LogP contribution is -2.60. The fourth-order valence-electron chi connectivity index (χ4n) is 5.56. The highest BCUT2D eigenvalue weighted by molar-refractivity contribution is 5.71.